The van der Waals surface area contributed by atoms with E-state index in [-0.39, 0.29) is 5.56 Å². The van der Waals surface area contributed by atoms with E-state index in [4.69, 9.17) is 21.7 Å². The Morgan fingerprint density at radius 1 is 1.21 bits per heavy atom. The molecule has 0 atom stereocenters. The first kappa shape index (κ1) is 13.6. The van der Waals surface area contributed by atoms with E-state index in [0.29, 0.717) is 40.4 Å². The highest BCUT2D eigenvalue weighted by atomic mass is 32.1. The molecule has 0 aliphatic carbocycles. The molecule has 1 aromatic heterocycles. The van der Waals surface area contributed by atoms with Gasteiger partial charge in [0.15, 0.2) is 16.3 Å². The fourth-order valence-corrected chi connectivity index (χ4v) is 2.04. The maximum atomic E-state index is 12.2. The summed E-state index contributed by atoms with van der Waals surface area (Å²) in [5.74, 6) is 1.18. The quantitative estimate of drug-likeness (QED) is 0.874. The van der Waals surface area contributed by atoms with E-state index in [1.54, 1.807) is 19.2 Å². The van der Waals surface area contributed by atoms with Crippen molar-refractivity contribution >= 4 is 23.1 Å². The first-order valence-electron chi connectivity index (χ1n) is 6.11. The van der Waals surface area contributed by atoms with Gasteiger partial charge in [0.25, 0.3) is 5.56 Å². The highest BCUT2D eigenvalue weighted by molar-refractivity contribution is 7.71. The zero-order valence-corrected chi connectivity index (χ0v) is 12.0. The number of fused-ring (bicyclic) bond motifs is 1. The van der Waals surface area contributed by atoms with E-state index in [9.17, 15) is 4.79 Å². The second-order valence-electron chi connectivity index (χ2n) is 4.00. The van der Waals surface area contributed by atoms with Crippen LogP contribution in [0.3, 0.4) is 0 Å². The Labute approximate surface area is 115 Å². The summed E-state index contributed by atoms with van der Waals surface area (Å²) < 4.78 is 12.8. The fraction of sp³-hybridized carbons (Fsp3) is 0.385. The highest BCUT2D eigenvalue weighted by Gasteiger charge is 2.11. The molecule has 102 valence electrons. The summed E-state index contributed by atoms with van der Waals surface area (Å²) in [6.07, 6.45) is 0. The van der Waals surface area contributed by atoms with Crippen LogP contribution in [0.1, 0.15) is 13.8 Å². The maximum Gasteiger partial charge on any atom is 0.262 e. The van der Waals surface area contributed by atoms with Crippen molar-refractivity contribution in [2.75, 3.05) is 13.2 Å². The third-order valence-corrected chi connectivity index (χ3v) is 3.14. The average Bonchev–Trinajstić information content (AvgIpc) is 2.38. The SMILES string of the molecule is CCOc1cc2[nH]c(=S)n(C)c(=O)c2cc1OCC. The molecule has 2 aromatic rings. The number of hydrogen-bond donors (Lipinski definition) is 1. The third kappa shape index (κ3) is 2.49. The van der Waals surface area contributed by atoms with Crippen molar-refractivity contribution in [3.63, 3.8) is 0 Å². The number of rotatable bonds is 4. The molecule has 0 unspecified atom stereocenters. The van der Waals surface area contributed by atoms with Gasteiger partial charge >= 0.3 is 0 Å². The highest BCUT2D eigenvalue weighted by Crippen LogP contribution is 2.30. The number of nitrogens with one attached hydrogen (secondary N) is 1. The molecule has 6 heteroatoms. The number of nitrogens with zero attached hydrogens (tertiary/aromatic N) is 1. The van der Waals surface area contributed by atoms with Gasteiger partial charge in [0, 0.05) is 13.1 Å². The lowest BCUT2D eigenvalue weighted by atomic mass is 10.2. The molecule has 0 amide bonds. The smallest absolute Gasteiger partial charge is 0.262 e. The third-order valence-electron chi connectivity index (χ3n) is 2.76. The Morgan fingerprint density at radius 2 is 1.79 bits per heavy atom. The average molecular weight is 280 g/mol. The molecule has 1 heterocycles. The van der Waals surface area contributed by atoms with E-state index < -0.39 is 0 Å². The standard InChI is InChI=1S/C13H16N2O3S/c1-4-17-10-6-8-9(7-11(10)18-5-2)14-13(19)15(3)12(8)16/h6-7H,4-5H2,1-3H3,(H,14,19). The van der Waals surface area contributed by atoms with Gasteiger partial charge in [0.1, 0.15) is 0 Å². The van der Waals surface area contributed by atoms with Crippen molar-refractivity contribution in [1.82, 2.24) is 9.55 Å². The maximum absolute atomic E-state index is 12.2. The topological polar surface area (TPSA) is 56.2 Å². The Bertz CT molecular complexity index is 718. The normalized spacial score (nSPS) is 10.7. The number of hydrogen-bond acceptors (Lipinski definition) is 4. The van der Waals surface area contributed by atoms with E-state index >= 15 is 0 Å². The molecule has 0 radical (unpaired) electrons. The van der Waals surface area contributed by atoms with Crippen LogP contribution in [-0.4, -0.2) is 22.8 Å². The zero-order valence-electron chi connectivity index (χ0n) is 11.1. The van der Waals surface area contributed by atoms with Crippen molar-refractivity contribution < 1.29 is 9.47 Å². The summed E-state index contributed by atoms with van der Waals surface area (Å²) >= 11 is 5.10. The molecule has 2 rings (SSSR count). The number of aromatic amines is 1. The van der Waals surface area contributed by atoms with E-state index in [0.717, 1.165) is 0 Å². The summed E-state index contributed by atoms with van der Waals surface area (Å²) in [5.41, 5.74) is 0.503. The number of benzene rings is 1. The Balaban J connectivity index is 2.77. The first-order chi connectivity index (χ1) is 9.08. The summed E-state index contributed by atoms with van der Waals surface area (Å²) in [6.45, 7) is 4.81. The zero-order chi connectivity index (χ0) is 14.0. The summed E-state index contributed by atoms with van der Waals surface area (Å²) in [7, 11) is 1.64. The molecule has 1 aromatic carbocycles. The van der Waals surface area contributed by atoms with Crippen molar-refractivity contribution in [3.8, 4) is 11.5 Å². The lowest BCUT2D eigenvalue weighted by molar-refractivity contribution is 0.288. The van der Waals surface area contributed by atoms with Gasteiger partial charge in [-0.2, -0.15) is 0 Å². The van der Waals surface area contributed by atoms with Crippen LogP contribution in [0, 0.1) is 4.77 Å². The molecular formula is C13H16N2O3S. The molecule has 19 heavy (non-hydrogen) atoms. The van der Waals surface area contributed by atoms with Gasteiger partial charge in [-0.1, -0.05) is 0 Å². The van der Waals surface area contributed by atoms with Crippen LogP contribution >= 0.6 is 12.2 Å². The van der Waals surface area contributed by atoms with Crippen molar-refractivity contribution in [1.29, 1.82) is 0 Å². The van der Waals surface area contributed by atoms with Crippen molar-refractivity contribution in [2.45, 2.75) is 13.8 Å². The van der Waals surface area contributed by atoms with Crippen LogP contribution in [-0.2, 0) is 7.05 Å². The van der Waals surface area contributed by atoms with Crippen molar-refractivity contribution in [2.24, 2.45) is 7.05 Å². The monoisotopic (exact) mass is 280 g/mol. The molecule has 0 spiro atoms. The van der Waals surface area contributed by atoms with Gasteiger partial charge in [0.2, 0.25) is 0 Å². The van der Waals surface area contributed by atoms with Crippen molar-refractivity contribution in [3.05, 3.63) is 27.3 Å². The molecular weight excluding hydrogens is 264 g/mol. The van der Waals surface area contributed by atoms with Crippen LogP contribution < -0.4 is 15.0 Å². The Kier molecular flexibility index (Phi) is 3.90. The lowest BCUT2D eigenvalue weighted by Crippen LogP contribution is -2.18. The first-order valence-corrected chi connectivity index (χ1v) is 6.52. The van der Waals surface area contributed by atoms with E-state index in [2.05, 4.69) is 4.98 Å². The Morgan fingerprint density at radius 3 is 2.37 bits per heavy atom. The molecule has 0 saturated heterocycles. The summed E-state index contributed by atoms with van der Waals surface area (Å²) in [6, 6.07) is 3.44. The minimum absolute atomic E-state index is 0.150. The fourth-order valence-electron chi connectivity index (χ4n) is 1.85. The predicted octanol–water partition coefficient (Wildman–Crippen LogP) is 2.39. The largest absolute Gasteiger partial charge is 0.490 e. The van der Waals surface area contributed by atoms with Crippen LogP contribution in [0.5, 0.6) is 11.5 Å². The number of H-pyrrole nitrogens is 1. The van der Waals surface area contributed by atoms with Gasteiger partial charge in [-0.25, -0.2) is 0 Å². The number of aromatic nitrogens is 2. The van der Waals surface area contributed by atoms with Crippen LogP contribution in [0.15, 0.2) is 16.9 Å². The van der Waals surface area contributed by atoms with Gasteiger partial charge < -0.3 is 14.5 Å². The van der Waals surface area contributed by atoms with E-state index in [1.807, 2.05) is 13.8 Å². The molecule has 0 aliphatic heterocycles. The predicted molar refractivity (Wildman–Crippen MR) is 76.7 cm³/mol. The van der Waals surface area contributed by atoms with Crippen LogP contribution in [0.2, 0.25) is 0 Å². The van der Waals surface area contributed by atoms with E-state index in [1.165, 1.54) is 4.57 Å². The summed E-state index contributed by atoms with van der Waals surface area (Å²) in [5, 5.41) is 0.531. The molecule has 0 bridgehead atoms. The lowest BCUT2D eigenvalue weighted by Gasteiger charge is -2.12. The molecule has 0 fully saturated rings. The van der Waals surface area contributed by atoms with Crippen LogP contribution in [0.4, 0.5) is 0 Å². The minimum atomic E-state index is -0.150. The molecule has 0 saturated carbocycles. The molecule has 1 N–H and O–H groups in total. The van der Waals surface area contributed by atoms with Gasteiger partial charge in [-0.15, -0.1) is 0 Å². The molecule has 0 aliphatic rings. The molecule has 5 nitrogen and oxygen atoms in total. The van der Waals surface area contributed by atoms with Gasteiger partial charge in [0.05, 0.1) is 24.1 Å². The second kappa shape index (κ2) is 5.44. The summed E-state index contributed by atoms with van der Waals surface area (Å²) in [4.78, 5) is 15.2. The second-order valence-corrected chi connectivity index (χ2v) is 4.39. The number of ether oxygens (including phenoxy) is 2. The van der Waals surface area contributed by atoms with Crippen LogP contribution in [0.25, 0.3) is 10.9 Å². The van der Waals surface area contributed by atoms with Gasteiger partial charge in [-0.05, 0) is 32.1 Å². The van der Waals surface area contributed by atoms with Gasteiger partial charge in [-0.3, -0.25) is 9.36 Å². The Hall–Kier alpha value is -1.82. The minimum Gasteiger partial charge on any atom is -0.490 e.